The standard InChI is InChI=1S/C20H18BrN3O3/c1-27-20-16-8-3-2-5-13(16)12-17(24-20)19(26)23-10-9-22-18(25)14-6-4-7-15(21)11-14/h2-8,11-12H,9-10H2,1H3,(H,22,25)(H,23,26). The monoisotopic (exact) mass is 427 g/mol. The van der Waals surface area contributed by atoms with Gasteiger partial charge in [-0.25, -0.2) is 4.98 Å². The van der Waals surface area contributed by atoms with Gasteiger partial charge in [0.15, 0.2) is 0 Å². The molecule has 0 saturated carbocycles. The van der Waals surface area contributed by atoms with E-state index in [1.807, 2.05) is 30.3 Å². The Hall–Kier alpha value is -2.93. The molecule has 6 nitrogen and oxygen atoms in total. The van der Waals surface area contributed by atoms with Crippen molar-refractivity contribution in [2.24, 2.45) is 0 Å². The highest BCUT2D eigenvalue weighted by Crippen LogP contribution is 2.24. The summed E-state index contributed by atoms with van der Waals surface area (Å²) in [7, 11) is 1.52. The number of nitrogens with one attached hydrogen (secondary N) is 2. The van der Waals surface area contributed by atoms with Crippen molar-refractivity contribution in [3.63, 3.8) is 0 Å². The number of carbonyl (C=O) groups excluding carboxylic acids is 2. The van der Waals surface area contributed by atoms with Gasteiger partial charge in [-0.3, -0.25) is 9.59 Å². The zero-order valence-electron chi connectivity index (χ0n) is 14.7. The van der Waals surface area contributed by atoms with Gasteiger partial charge in [-0.15, -0.1) is 0 Å². The van der Waals surface area contributed by atoms with Crippen LogP contribution in [0.2, 0.25) is 0 Å². The molecule has 0 aliphatic heterocycles. The van der Waals surface area contributed by atoms with Crippen LogP contribution in [0.25, 0.3) is 10.8 Å². The third-order valence-electron chi connectivity index (χ3n) is 3.91. The molecule has 3 aromatic rings. The molecule has 0 fully saturated rings. The molecule has 0 aliphatic carbocycles. The number of ether oxygens (including phenoxy) is 1. The number of fused-ring (bicyclic) bond motifs is 1. The molecule has 27 heavy (non-hydrogen) atoms. The largest absolute Gasteiger partial charge is 0.481 e. The number of nitrogens with zero attached hydrogens (tertiary/aromatic N) is 1. The van der Waals surface area contributed by atoms with E-state index in [2.05, 4.69) is 31.5 Å². The molecule has 3 rings (SSSR count). The molecule has 2 aromatic carbocycles. The van der Waals surface area contributed by atoms with Crippen molar-refractivity contribution in [3.05, 3.63) is 70.3 Å². The van der Waals surface area contributed by atoms with Crippen molar-refractivity contribution < 1.29 is 14.3 Å². The molecule has 2 N–H and O–H groups in total. The van der Waals surface area contributed by atoms with Crippen molar-refractivity contribution in [1.82, 2.24) is 15.6 Å². The highest BCUT2D eigenvalue weighted by molar-refractivity contribution is 9.10. The first-order chi connectivity index (χ1) is 13.1. The molecule has 0 spiro atoms. The smallest absolute Gasteiger partial charge is 0.270 e. The summed E-state index contributed by atoms with van der Waals surface area (Å²) in [6, 6.07) is 16.4. The average Bonchev–Trinajstić information content (AvgIpc) is 2.69. The third kappa shape index (κ3) is 4.62. The number of rotatable bonds is 6. The first kappa shape index (κ1) is 18.8. The quantitative estimate of drug-likeness (QED) is 0.592. The fourth-order valence-corrected chi connectivity index (χ4v) is 3.01. The fraction of sp³-hybridized carbons (Fsp3) is 0.150. The van der Waals surface area contributed by atoms with Gasteiger partial charge in [0.1, 0.15) is 5.69 Å². The number of pyridine rings is 1. The number of carbonyl (C=O) groups is 2. The molecule has 1 aromatic heterocycles. The van der Waals surface area contributed by atoms with Crippen LogP contribution < -0.4 is 15.4 Å². The maximum atomic E-state index is 12.4. The summed E-state index contributed by atoms with van der Waals surface area (Å²) in [4.78, 5) is 28.7. The fourth-order valence-electron chi connectivity index (χ4n) is 2.61. The Morgan fingerprint density at radius 2 is 1.74 bits per heavy atom. The van der Waals surface area contributed by atoms with Crippen LogP contribution in [0.4, 0.5) is 0 Å². The number of hydrogen-bond acceptors (Lipinski definition) is 4. The van der Waals surface area contributed by atoms with E-state index < -0.39 is 0 Å². The van der Waals surface area contributed by atoms with Gasteiger partial charge in [0.05, 0.1) is 7.11 Å². The number of hydrogen-bond donors (Lipinski definition) is 2. The molecule has 138 valence electrons. The zero-order valence-corrected chi connectivity index (χ0v) is 16.2. The van der Waals surface area contributed by atoms with Gasteiger partial charge in [0.25, 0.3) is 11.8 Å². The summed E-state index contributed by atoms with van der Waals surface area (Å²) in [5, 5.41) is 7.24. The molecule has 0 unspecified atom stereocenters. The van der Waals surface area contributed by atoms with Crippen molar-refractivity contribution in [1.29, 1.82) is 0 Å². The average molecular weight is 428 g/mol. The van der Waals surface area contributed by atoms with Gasteiger partial charge in [-0.2, -0.15) is 0 Å². The van der Waals surface area contributed by atoms with E-state index in [0.717, 1.165) is 15.2 Å². The van der Waals surface area contributed by atoms with Crippen molar-refractivity contribution in [2.45, 2.75) is 0 Å². The first-order valence-corrected chi connectivity index (χ1v) is 9.13. The second kappa shape index (κ2) is 8.64. The molecule has 1 heterocycles. The molecular formula is C20H18BrN3O3. The topological polar surface area (TPSA) is 80.3 Å². The predicted molar refractivity (Wildman–Crippen MR) is 107 cm³/mol. The second-order valence-electron chi connectivity index (χ2n) is 5.76. The maximum Gasteiger partial charge on any atom is 0.270 e. The van der Waals surface area contributed by atoms with E-state index in [9.17, 15) is 9.59 Å². The Kier molecular flexibility index (Phi) is 6.03. The second-order valence-corrected chi connectivity index (χ2v) is 6.68. The van der Waals surface area contributed by atoms with Crippen LogP contribution in [0.3, 0.4) is 0 Å². The van der Waals surface area contributed by atoms with Gasteiger partial charge >= 0.3 is 0 Å². The minimum absolute atomic E-state index is 0.198. The number of benzene rings is 2. The minimum atomic E-state index is -0.323. The van der Waals surface area contributed by atoms with Crippen LogP contribution in [-0.4, -0.2) is 37.0 Å². The van der Waals surface area contributed by atoms with Gasteiger partial charge in [0.2, 0.25) is 5.88 Å². The van der Waals surface area contributed by atoms with Crippen molar-refractivity contribution >= 4 is 38.5 Å². The molecule has 0 atom stereocenters. The van der Waals surface area contributed by atoms with Crippen LogP contribution in [0.15, 0.2) is 59.1 Å². The third-order valence-corrected chi connectivity index (χ3v) is 4.41. The van der Waals surface area contributed by atoms with Gasteiger partial charge in [-0.05, 0) is 35.7 Å². The Bertz CT molecular complexity index is 991. The van der Waals surface area contributed by atoms with Crippen LogP contribution in [0.1, 0.15) is 20.8 Å². The Balaban J connectivity index is 1.58. The molecule has 0 saturated heterocycles. The summed E-state index contributed by atoms with van der Waals surface area (Å²) in [5.41, 5.74) is 0.820. The summed E-state index contributed by atoms with van der Waals surface area (Å²) < 4.78 is 6.12. The van der Waals surface area contributed by atoms with E-state index in [1.54, 1.807) is 24.3 Å². The predicted octanol–water partition coefficient (Wildman–Crippen LogP) is 3.17. The highest BCUT2D eigenvalue weighted by Gasteiger charge is 2.12. The highest BCUT2D eigenvalue weighted by atomic mass is 79.9. The lowest BCUT2D eigenvalue weighted by Crippen LogP contribution is -2.35. The summed E-state index contributed by atoms with van der Waals surface area (Å²) in [6.45, 7) is 0.594. The Labute approximate surface area is 165 Å². The molecule has 2 amide bonds. The van der Waals surface area contributed by atoms with Crippen molar-refractivity contribution in [2.75, 3.05) is 20.2 Å². The summed E-state index contributed by atoms with van der Waals surface area (Å²) >= 11 is 3.33. The first-order valence-electron chi connectivity index (χ1n) is 8.34. The van der Waals surface area contributed by atoms with E-state index >= 15 is 0 Å². The van der Waals surface area contributed by atoms with Crippen LogP contribution in [0.5, 0.6) is 5.88 Å². The lowest BCUT2D eigenvalue weighted by molar-refractivity contribution is 0.0925. The van der Waals surface area contributed by atoms with E-state index in [-0.39, 0.29) is 24.1 Å². The van der Waals surface area contributed by atoms with E-state index in [4.69, 9.17) is 4.74 Å². The van der Waals surface area contributed by atoms with Gasteiger partial charge in [-0.1, -0.05) is 40.2 Å². The lowest BCUT2D eigenvalue weighted by Gasteiger charge is -2.09. The number of aromatic nitrogens is 1. The van der Waals surface area contributed by atoms with Crippen LogP contribution >= 0.6 is 15.9 Å². The Morgan fingerprint density at radius 1 is 1.00 bits per heavy atom. The van der Waals surface area contributed by atoms with E-state index in [0.29, 0.717) is 18.0 Å². The Morgan fingerprint density at radius 3 is 2.48 bits per heavy atom. The normalized spacial score (nSPS) is 10.4. The van der Waals surface area contributed by atoms with Gasteiger partial charge < -0.3 is 15.4 Å². The van der Waals surface area contributed by atoms with Gasteiger partial charge in [0, 0.05) is 28.5 Å². The number of methoxy groups -OCH3 is 1. The number of amides is 2. The summed E-state index contributed by atoms with van der Waals surface area (Å²) in [6.07, 6.45) is 0. The number of halogens is 1. The summed E-state index contributed by atoms with van der Waals surface area (Å²) in [5.74, 6) is -0.118. The molecule has 0 aliphatic rings. The molecule has 7 heteroatoms. The molecule has 0 radical (unpaired) electrons. The van der Waals surface area contributed by atoms with Crippen LogP contribution in [0, 0.1) is 0 Å². The maximum absolute atomic E-state index is 12.4. The molecule has 0 bridgehead atoms. The minimum Gasteiger partial charge on any atom is -0.481 e. The zero-order chi connectivity index (χ0) is 19.2. The molecular weight excluding hydrogens is 410 g/mol. The van der Waals surface area contributed by atoms with E-state index in [1.165, 1.54) is 7.11 Å². The lowest BCUT2D eigenvalue weighted by atomic mass is 10.1. The van der Waals surface area contributed by atoms with Crippen molar-refractivity contribution in [3.8, 4) is 5.88 Å². The SMILES string of the molecule is COc1nc(C(=O)NCCNC(=O)c2cccc(Br)c2)cc2ccccc12. The van der Waals surface area contributed by atoms with Crippen LogP contribution in [-0.2, 0) is 0 Å².